The molecule has 0 saturated carbocycles. The Bertz CT molecular complexity index is 613. The maximum Gasteiger partial charge on any atom is 0.293 e. The number of anilines is 1. The van der Waals surface area contributed by atoms with Gasteiger partial charge in [-0.15, -0.1) is 0 Å². The predicted octanol–water partition coefficient (Wildman–Crippen LogP) is -0.799. The average Bonchev–Trinajstić information content (AvgIpc) is 2.35. The van der Waals surface area contributed by atoms with Crippen molar-refractivity contribution in [3.63, 3.8) is 0 Å². The largest absolute Gasteiger partial charge is 0.393 e. The Morgan fingerprint density at radius 2 is 2.11 bits per heavy atom. The van der Waals surface area contributed by atoms with Crippen LogP contribution in [0.25, 0.3) is 0 Å². The minimum atomic E-state index is -4.01. The maximum atomic E-state index is 11.8. The Kier molecular flexibility index (Phi) is 4.40. The monoisotopic (exact) mass is 288 g/mol. The smallest absolute Gasteiger partial charge is 0.293 e. The highest BCUT2D eigenvalue weighted by Gasteiger charge is 2.20. The molecule has 0 aromatic heterocycles. The lowest BCUT2D eigenvalue weighted by Crippen LogP contribution is -2.35. The second-order valence-corrected chi connectivity index (χ2v) is 5.24. The molecule has 1 aromatic carbocycles. The van der Waals surface area contributed by atoms with Gasteiger partial charge in [0.15, 0.2) is 0 Å². The standard InChI is InChI=1S/C9H12N4O5S/c1-11-9(14)5-12-19(17,18)6-2-3-7(10)8(4-6)13(15)16/h2-4,12H,5,10H2,1H3,(H,11,14). The van der Waals surface area contributed by atoms with Gasteiger partial charge >= 0.3 is 0 Å². The van der Waals surface area contributed by atoms with E-state index in [0.29, 0.717) is 0 Å². The molecule has 0 aliphatic heterocycles. The Morgan fingerprint density at radius 1 is 1.47 bits per heavy atom. The number of sulfonamides is 1. The first kappa shape index (κ1) is 14.9. The van der Waals surface area contributed by atoms with Crippen LogP contribution in [-0.4, -0.2) is 32.8 Å². The minimum absolute atomic E-state index is 0.143. The van der Waals surface area contributed by atoms with Crippen LogP contribution >= 0.6 is 0 Å². The summed E-state index contributed by atoms with van der Waals surface area (Å²) >= 11 is 0. The predicted molar refractivity (Wildman–Crippen MR) is 66.8 cm³/mol. The third-order valence-corrected chi connectivity index (χ3v) is 3.61. The summed E-state index contributed by atoms with van der Waals surface area (Å²) in [6.45, 7) is -0.461. The molecule has 0 aliphatic carbocycles. The highest BCUT2D eigenvalue weighted by Crippen LogP contribution is 2.24. The molecule has 0 aliphatic rings. The second kappa shape index (κ2) is 5.63. The van der Waals surface area contributed by atoms with Gasteiger partial charge in [-0.1, -0.05) is 0 Å². The van der Waals surface area contributed by atoms with Crippen LogP contribution in [0.2, 0.25) is 0 Å². The first-order valence-electron chi connectivity index (χ1n) is 5.02. The molecule has 1 rings (SSSR count). The van der Waals surface area contributed by atoms with E-state index < -0.39 is 33.1 Å². The summed E-state index contributed by atoms with van der Waals surface area (Å²) in [6.07, 6.45) is 0. The zero-order chi connectivity index (χ0) is 14.6. The van der Waals surface area contributed by atoms with E-state index in [-0.39, 0.29) is 10.6 Å². The summed E-state index contributed by atoms with van der Waals surface area (Å²) in [4.78, 5) is 20.5. The van der Waals surface area contributed by atoms with E-state index in [0.717, 1.165) is 18.2 Å². The van der Waals surface area contributed by atoms with Crippen molar-refractivity contribution in [2.45, 2.75) is 4.90 Å². The van der Waals surface area contributed by atoms with E-state index in [4.69, 9.17) is 5.73 Å². The number of nitro benzene ring substituents is 1. The molecule has 9 nitrogen and oxygen atoms in total. The molecule has 1 aromatic rings. The Balaban J connectivity index is 3.05. The molecule has 4 N–H and O–H groups in total. The van der Waals surface area contributed by atoms with Crippen LogP contribution in [0.5, 0.6) is 0 Å². The zero-order valence-corrected chi connectivity index (χ0v) is 10.7. The number of nitrogens with zero attached hydrogens (tertiary/aromatic N) is 1. The fourth-order valence-electron chi connectivity index (χ4n) is 1.18. The van der Waals surface area contributed by atoms with E-state index in [9.17, 15) is 23.3 Å². The molecule has 0 heterocycles. The summed E-state index contributed by atoms with van der Waals surface area (Å²) < 4.78 is 25.6. The maximum absolute atomic E-state index is 11.8. The molecule has 0 bridgehead atoms. The number of rotatable bonds is 5. The molecule has 10 heteroatoms. The van der Waals surface area contributed by atoms with Gasteiger partial charge in [-0.3, -0.25) is 14.9 Å². The first-order chi connectivity index (χ1) is 8.77. The topological polar surface area (TPSA) is 144 Å². The molecular formula is C9H12N4O5S. The lowest BCUT2D eigenvalue weighted by Gasteiger charge is -2.06. The number of nitrogens with two attached hydrogens (primary N) is 1. The van der Waals surface area contributed by atoms with Gasteiger partial charge in [0.1, 0.15) is 5.69 Å². The average molecular weight is 288 g/mol. The first-order valence-corrected chi connectivity index (χ1v) is 6.50. The van der Waals surface area contributed by atoms with Crippen molar-refractivity contribution in [1.82, 2.24) is 10.0 Å². The Labute approximate surface area is 109 Å². The third-order valence-electron chi connectivity index (χ3n) is 2.21. The number of carbonyl (C=O) groups excluding carboxylic acids is 1. The van der Waals surface area contributed by atoms with Crippen molar-refractivity contribution in [2.75, 3.05) is 19.3 Å². The van der Waals surface area contributed by atoms with Crippen LogP contribution in [0.15, 0.2) is 23.1 Å². The van der Waals surface area contributed by atoms with Crippen LogP contribution in [0.3, 0.4) is 0 Å². The molecule has 0 fully saturated rings. The summed E-state index contributed by atoms with van der Waals surface area (Å²) in [5, 5.41) is 12.9. The number of hydrogen-bond acceptors (Lipinski definition) is 6. The van der Waals surface area contributed by atoms with Crippen molar-refractivity contribution in [1.29, 1.82) is 0 Å². The van der Waals surface area contributed by atoms with Crippen LogP contribution in [0.1, 0.15) is 0 Å². The van der Waals surface area contributed by atoms with E-state index >= 15 is 0 Å². The molecule has 0 spiro atoms. The van der Waals surface area contributed by atoms with Crippen molar-refractivity contribution < 1.29 is 18.1 Å². The quantitative estimate of drug-likeness (QED) is 0.367. The normalized spacial score (nSPS) is 11.0. The highest BCUT2D eigenvalue weighted by molar-refractivity contribution is 7.89. The molecule has 19 heavy (non-hydrogen) atoms. The molecule has 0 unspecified atom stereocenters. The lowest BCUT2D eigenvalue weighted by atomic mass is 10.3. The van der Waals surface area contributed by atoms with E-state index in [1.165, 1.54) is 7.05 Å². The van der Waals surface area contributed by atoms with Gasteiger partial charge in [0.25, 0.3) is 5.69 Å². The Hall–Kier alpha value is -2.20. The van der Waals surface area contributed by atoms with Gasteiger partial charge < -0.3 is 11.1 Å². The van der Waals surface area contributed by atoms with Crippen LogP contribution in [-0.2, 0) is 14.8 Å². The zero-order valence-electron chi connectivity index (χ0n) is 9.91. The molecule has 1 amide bonds. The van der Waals surface area contributed by atoms with Crippen molar-refractivity contribution in [2.24, 2.45) is 0 Å². The van der Waals surface area contributed by atoms with Gasteiger partial charge in [0.05, 0.1) is 16.4 Å². The SMILES string of the molecule is CNC(=O)CNS(=O)(=O)c1ccc(N)c([N+](=O)[O-])c1. The second-order valence-electron chi connectivity index (χ2n) is 3.48. The van der Waals surface area contributed by atoms with Gasteiger partial charge in [-0.05, 0) is 12.1 Å². The number of nitro groups is 1. The van der Waals surface area contributed by atoms with Crippen molar-refractivity contribution in [3.05, 3.63) is 28.3 Å². The number of nitrogens with one attached hydrogen (secondary N) is 2. The molecule has 0 atom stereocenters. The van der Waals surface area contributed by atoms with Gasteiger partial charge in [-0.25, -0.2) is 13.1 Å². The summed E-state index contributed by atoms with van der Waals surface area (Å²) in [6, 6.07) is 3.07. The molecule has 0 saturated heterocycles. The number of benzene rings is 1. The molecular weight excluding hydrogens is 276 g/mol. The van der Waals surface area contributed by atoms with Crippen LogP contribution in [0, 0.1) is 10.1 Å². The molecule has 104 valence electrons. The fraction of sp³-hybridized carbons (Fsp3) is 0.222. The number of carbonyl (C=O) groups is 1. The van der Waals surface area contributed by atoms with Crippen molar-refractivity contribution in [3.8, 4) is 0 Å². The summed E-state index contributed by atoms with van der Waals surface area (Å²) in [7, 11) is -2.66. The van der Waals surface area contributed by atoms with Gasteiger partial charge in [0.2, 0.25) is 15.9 Å². The van der Waals surface area contributed by atoms with Gasteiger partial charge in [-0.2, -0.15) is 0 Å². The van der Waals surface area contributed by atoms with E-state index in [2.05, 4.69) is 5.32 Å². The summed E-state index contributed by atoms with van der Waals surface area (Å²) in [5.41, 5.74) is 4.70. The third kappa shape index (κ3) is 3.63. The van der Waals surface area contributed by atoms with Crippen molar-refractivity contribution >= 4 is 27.3 Å². The minimum Gasteiger partial charge on any atom is -0.393 e. The van der Waals surface area contributed by atoms with E-state index in [1.54, 1.807) is 0 Å². The number of amides is 1. The molecule has 0 radical (unpaired) electrons. The fourth-order valence-corrected chi connectivity index (χ4v) is 2.18. The summed E-state index contributed by atoms with van der Waals surface area (Å²) in [5.74, 6) is -0.534. The van der Waals surface area contributed by atoms with Crippen LogP contribution < -0.4 is 15.8 Å². The number of likely N-dealkylation sites (N-methyl/N-ethyl adjacent to an activating group) is 1. The highest BCUT2D eigenvalue weighted by atomic mass is 32.2. The number of nitrogen functional groups attached to an aromatic ring is 1. The van der Waals surface area contributed by atoms with Gasteiger partial charge in [0, 0.05) is 13.1 Å². The van der Waals surface area contributed by atoms with Crippen LogP contribution in [0.4, 0.5) is 11.4 Å². The Morgan fingerprint density at radius 3 is 2.63 bits per heavy atom. The van der Waals surface area contributed by atoms with E-state index in [1.807, 2.05) is 4.72 Å². The number of hydrogen-bond donors (Lipinski definition) is 3. The lowest BCUT2D eigenvalue weighted by molar-refractivity contribution is -0.384.